The van der Waals surface area contributed by atoms with Gasteiger partial charge in [0.25, 0.3) is 5.56 Å². The Morgan fingerprint density at radius 3 is 3.08 bits per heavy atom. The van der Waals surface area contributed by atoms with Crippen molar-refractivity contribution in [2.24, 2.45) is 0 Å². The van der Waals surface area contributed by atoms with Crippen LogP contribution in [0.25, 0.3) is 0 Å². The van der Waals surface area contributed by atoms with E-state index in [0.717, 1.165) is 19.5 Å². The molecule has 134 valence electrons. The van der Waals surface area contributed by atoms with Gasteiger partial charge in [-0.3, -0.25) is 9.69 Å². The Morgan fingerprint density at radius 2 is 2.28 bits per heavy atom. The molecule has 25 heavy (non-hydrogen) atoms. The monoisotopic (exact) mass is 347 g/mol. The summed E-state index contributed by atoms with van der Waals surface area (Å²) in [4.78, 5) is 20.9. The Morgan fingerprint density at radius 1 is 1.44 bits per heavy atom. The molecule has 1 aromatic carbocycles. The number of nitrogens with one attached hydrogen (secondary N) is 1. The summed E-state index contributed by atoms with van der Waals surface area (Å²) in [5.74, 6) is 0.504. The van der Waals surface area contributed by atoms with E-state index >= 15 is 0 Å². The number of hydrogen-bond donors (Lipinski definition) is 1. The normalized spacial score (nSPS) is 18.2. The molecule has 0 unspecified atom stereocenters. The second-order valence-corrected chi connectivity index (χ2v) is 6.06. The average Bonchev–Trinajstić information content (AvgIpc) is 2.59. The topological polar surface area (TPSA) is 67.5 Å². The molecule has 7 heteroatoms. The molecule has 1 fully saturated rings. The molecule has 0 aliphatic carbocycles. The Hall–Kier alpha value is -2.25. The number of benzene rings is 1. The van der Waals surface area contributed by atoms with Gasteiger partial charge in [0.2, 0.25) is 0 Å². The van der Waals surface area contributed by atoms with Crippen LogP contribution >= 0.6 is 0 Å². The van der Waals surface area contributed by atoms with Gasteiger partial charge in [0, 0.05) is 31.4 Å². The van der Waals surface area contributed by atoms with Crippen LogP contribution in [0.15, 0.2) is 35.1 Å². The average molecular weight is 347 g/mol. The van der Waals surface area contributed by atoms with Crippen LogP contribution in [-0.4, -0.2) is 47.7 Å². The number of H-pyrrole nitrogens is 1. The van der Waals surface area contributed by atoms with Crippen molar-refractivity contribution < 1.29 is 13.9 Å². The molecule has 1 aliphatic rings. The predicted molar refractivity (Wildman–Crippen MR) is 91.2 cm³/mol. The van der Waals surface area contributed by atoms with Gasteiger partial charge in [-0.2, -0.15) is 0 Å². The number of ether oxygens (including phenoxy) is 2. The summed E-state index contributed by atoms with van der Waals surface area (Å²) in [5.41, 5.74) is 0.513. The van der Waals surface area contributed by atoms with Crippen LogP contribution in [0.3, 0.4) is 0 Å². The number of morpholine rings is 1. The summed E-state index contributed by atoms with van der Waals surface area (Å²) in [5, 5.41) is 0. The molecule has 2 heterocycles. The number of aromatic nitrogens is 2. The van der Waals surface area contributed by atoms with Gasteiger partial charge in [-0.05, 0) is 25.5 Å². The van der Waals surface area contributed by atoms with Gasteiger partial charge in [0.05, 0.1) is 13.2 Å². The summed E-state index contributed by atoms with van der Waals surface area (Å²) < 4.78 is 24.7. The second kappa shape index (κ2) is 8.22. The standard InChI is InChI=1S/C18H22FN3O3/c1-13-11-17(23)21-18(20-13)16-12-22(8-10-25-16)7-4-9-24-15-6-3-2-5-14(15)19/h2-3,5-6,11,16H,4,7-10,12H2,1H3,(H,20,21,23)/t16-/m1/s1. The van der Waals surface area contributed by atoms with E-state index in [-0.39, 0.29) is 23.2 Å². The summed E-state index contributed by atoms with van der Waals surface area (Å²) in [6.45, 7) is 5.10. The number of halogens is 1. The zero-order valence-electron chi connectivity index (χ0n) is 14.2. The highest BCUT2D eigenvalue weighted by Crippen LogP contribution is 2.19. The molecule has 1 aromatic heterocycles. The summed E-state index contributed by atoms with van der Waals surface area (Å²) >= 11 is 0. The Labute approximate surface area is 145 Å². The zero-order chi connectivity index (χ0) is 17.6. The van der Waals surface area contributed by atoms with Crippen molar-refractivity contribution in [2.75, 3.05) is 32.8 Å². The number of aryl methyl sites for hydroxylation is 1. The molecule has 2 aromatic rings. The van der Waals surface area contributed by atoms with E-state index in [0.29, 0.717) is 31.3 Å². The summed E-state index contributed by atoms with van der Waals surface area (Å²) in [6.07, 6.45) is 0.535. The van der Waals surface area contributed by atoms with Crippen molar-refractivity contribution in [3.8, 4) is 5.75 Å². The van der Waals surface area contributed by atoms with Crippen molar-refractivity contribution >= 4 is 0 Å². The number of aromatic amines is 1. The predicted octanol–water partition coefficient (Wildman–Crippen LogP) is 2.06. The molecule has 1 aliphatic heterocycles. The van der Waals surface area contributed by atoms with Gasteiger partial charge in [-0.15, -0.1) is 0 Å². The van der Waals surface area contributed by atoms with Crippen molar-refractivity contribution in [3.63, 3.8) is 0 Å². The molecule has 1 saturated heterocycles. The number of hydrogen-bond acceptors (Lipinski definition) is 5. The van der Waals surface area contributed by atoms with E-state index in [1.54, 1.807) is 25.1 Å². The van der Waals surface area contributed by atoms with Crippen molar-refractivity contribution in [1.82, 2.24) is 14.9 Å². The Kier molecular flexibility index (Phi) is 5.78. The van der Waals surface area contributed by atoms with E-state index in [1.165, 1.54) is 12.1 Å². The molecule has 1 atom stereocenters. The number of para-hydroxylation sites is 1. The van der Waals surface area contributed by atoms with E-state index in [2.05, 4.69) is 14.9 Å². The van der Waals surface area contributed by atoms with Crippen LogP contribution in [0.1, 0.15) is 24.0 Å². The van der Waals surface area contributed by atoms with Crippen molar-refractivity contribution in [2.45, 2.75) is 19.4 Å². The molecule has 3 rings (SSSR count). The van der Waals surface area contributed by atoms with Gasteiger partial charge >= 0.3 is 0 Å². The third-order valence-corrected chi connectivity index (χ3v) is 4.06. The second-order valence-electron chi connectivity index (χ2n) is 6.06. The maximum Gasteiger partial charge on any atom is 0.251 e. The zero-order valence-corrected chi connectivity index (χ0v) is 14.2. The lowest BCUT2D eigenvalue weighted by atomic mass is 10.2. The van der Waals surface area contributed by atoms with Crippen LogP contribution in [0, 0.1) is 12.7 Å². The highest BCUT2D eigenvalue weighted by molar-refractivity contribution is 5.23. The first-order chi connectivity index (χ1) is 12.1. The van der Waals surface area contributed by atoms with Crippen molar-refractivity contribution in [1.29, 1.82) is 0 Å². The minimum atomic E-state index is -0.344. The number of nitrogens with zero attached hydrogens (tertiary/aromatic N) is 2. The number of rotatable bonds is 6. The molecular weight excluding hydrogens is 325 g/mol. The fourth-order valence-corrected chi connectivity index (χ4v) is 2.86. The van der Waals surface area contributed by atoms with Gasteiger partial charge < -0.3 is 14.5 Å². The molecule has 0 bridgehead atoms. The highest BCUT2D eigenvalue weighted by Gasteiger charge is 2.23. The molecule has 0 radical (unpaired) electrons. The highest BCUT2D eigenvalue weighted by atomic mass is 19.1. The maximum absolute atomic E-state index is 13.5. The Bertz CT molecular complexity index is 765. The first-order valence-corrected chi connectivity index (χ1v) is 8.41. The van der Waals surface area contributed by atoms with E-state index in [1.807, 2.05) is 0 Å². The lowest BCUT2D eigenvalue weighted by molar-refractivity contribution is -0.0355. The lowest BCUT2D eigenvalue weighted by Gasteiger charge is -2.32. The summed E-state index contributed by atoms with van der Waals surface area (Å²) in [7, 11) is 0. The van der Waals surface area contributed by atoms with Gasteiger partial charge in [0.15, 0.2) is 11.6 Å². The molecule has 1 N–H and O–H groups in total. The van der Waals surface area contributed by atoms with E-state index in [4.69, 9.17) is 9.47 Å². The van der Waals surface area contributed by atoms with Crippen LogP contribution < -0.4 is 10.3 Å². The SMILES string of the molecule is Cc1cc(=O)[nH]c([C@H]2CN(CCCOc3ccccc3F)CCO2)n1. The molecule has 0 amide bonds. The van der Waals surface area contributed by atoms with Crippen LogP contribution in [-0.2, 0) is 4.74 Å². The molecule has 0 saturated carbocycles. The first-order valence-electron chi connectivity index (χ1n) is 8.41. The fraction of sp³-hybridized carbons (Fsp3) is 0.444. The third kappa shape index (κ3) is 4.87. The smallest absolute Gasteiger partial charge is 0.251 e. The quantitative estimate of drug-likeness (QED) is 0.810. The van der Waals surface area contributed by atoms with E-state index < -0.39 is 0 Å². The van der Waals surface area contributed by atoms with Gasteiger partial charge in [-0.25, -0.2) is 9.37 Å². The Balaban J connectivity index is 1.48. The molecule has 0 spiro atoms. The van der Waals surface area contributed by atoms with E-state index in [9.17, 15) is 9.18 Å². The molecular formula is C18H22FN3O3. The first kappa shape index (κ1) is 17.6. The fourth-order valence-electron chi connectivity index (χ4n) is 2.86. The summed E-state index contributed by atoms with van der Waals surface area (Å²) in [6, 6.07) is 7.86. The van der Waals surface area contributed by atoms with Crippen molar-refractivity contribution in [3.05, 3.63) is 58.0 Å². The van der Waals surface area contributed by atoms with Crippen LogP contribution in [0.5, 0.6) is 5.75 Å². The largest absolute Gasteiger partial charge is 0.490 e. The lowest BCUT2D eigenvalue weighted by Crippen LogP contribution is -2.40. The van der Waals surface area contributed by atoms with Gasteiger partial charge in [0.1, 0.15) is 11.9 Å². The van der Waals surface area contributed by atoms with Crippen LogP contribution in [0.4, 0.5) is 4.39 Å². The maximum atomic E-state index is 13.5. The minimum absolute atomic E-state index is 0.165. The third-order valence-electron chi connectivity index (χ3n) is 4.06. The minimum Gasteiger partial charge on any atom is -0.490 e. The van der Waals surface area contributed by atoms with Gasteiger partial charge in [-0.1, -0.05) is 12.1 Å². The van der Waals surface area contributed by atoms with Crippen LogP contribution in [0.2, 0.25) is 0 Å². The molecule has 6 nitrogen and oxygen atoms in total.